The van der Waals surface area contributed by atoms with Crippen molar-refractivity contribution in [3.05, 3.63) is 57.6 Å². The van der Waals surface area contributed by atoms with Crippen molar-refractivity contribution in [1.29, 1.82) is 0 Å². The molecule has 0 bridgehead atoms. The second kappa shape index (κ2) is 5.22. The van der Waals surface area contributed by atoms with E-state index >= 15 is 0 Å². The maximum absolute atomic E-state index is 13.3. The van der Waals surface area contributed by atoms with Crippen LogP contribution in [0.5, 0.6) is 0 Å². The molecule has 0 aliphatic rings. The molecular weight excluding hydrogens is 279 g/mol. The molecule has 0 unspecified atom stereocenters. The van der Waals surface area contributed by atoms with Crippen molar-refractivity contribution in [2.45, 2.75) is 6.54 Å². The van der Waals surface area contributed by atoms with Crippen molar-refractivity contribution >= 4 is 23.2 Å². The van der Waals surface area contributed by atoms with Crippen molar-refractivity contribution in [2.24, 2.45) is 5.73 Å². The zero-order chi connectivity index (χ0) is 13.3. The van der Waals surface area contributed by atoms with Crippen LogP contribution in [-0.4, -0.2) is 0 Å². The van der Waals surface area contributed by atoms with Crippen molar-refractivity contribution < 1.29 is 8.78 Å². The quantitative estimate of drug-likeness (QED) is 0.814. The van der Waals surface area contributed by atoms with E-state index in [9.17, 15) is 8.78 Å². The van der Waals surface area contributed by atoms with E-state index in [1.54, 1.807) is 18.2 Å². The Morgan fingerprint density at radius 1 is 0.944 bits per heavy atom. The van der Waals surface area contributed by atoms with E-state index in [1.807, 2.05) is 0 Å². The third-order valence-corrected chi connectivity index (χ3v) is 3.14. The van der Waals surface area contributed by atoms with Crippen LogP contribution in [0.1, 0.15) is 5.56 Å². The summed E-state index contributed by atoms with van der Waals surface area (Å²) in [4.78, 5) is 0. The minimum atomic E-state index is -0.980. The number of nitrogens with two attached hydrogens (primary N) is 1. The lowest BCUT2D eigenvalue weighted by Gasteiger charge is -2.11. The van der Waals surface area contributed by atoms with E-state index < -0.39 is 11.6 Å². The lowest BCUT2D eigenvalue weighted by Crippen LogP contribution is -2.00. The fraction of sp³-hybridized carbons (Fsp3) is 0.0769. The van der Waals surface area contributed by atoms with Gasteiger partial charge < -0.3 is 5.73 Å². The summed E-state index contributed by atoms with van der Waals surface area (Å²) < 4.78 is 26.3. The fourth-order valence-electron chi connectivity index (χ4n) is 1.72. The lowest BCUT2D eigenvalue weighted by molar-refractivity contribution is 0.509. The van der Waals surface area contributed by atoms with Gasteiger partial charge in [0.1, 0.15) is 0 Å². The molecule has 0 radical (unpaired) electrons. The second-order valence-electron chi connectivity index (χ2n) is 3.75. The molecular formula is C13H9Cl2F2N. The van der Waals surface area contributed by atoms with Gasteiger partial charge in [0.15, 0.2) is 11.6 Å². The Balaban J connectivity index is 2.65. The molecule has 0 aliphatic carbocycles. The summed E-state index contributed by atoms with van der Waals surface area (Å²) in [5.74, 6) is -1.93. The maximum Gasteiger partial charge on any atom is 0.160 e. The molecule has 0 aromatic heterocycles. The second-order valence-corrected chi connectivity index (χ2v) is 4.60. The topological polar surface area (TPSA) is 26.0 Å². The zero-order valence-electron chi connectivity index (χ0n) is 9.18. The Bertz CT molecular complexity index is 600. The van der Waals surface area contributed by atoms with Gasteiger partial charge in [-0.2, -0.15) is 0 Å². The number of hydrogen-bond donors (Lipinski definition) is 1. The summed E-state index contributed by atoms with van der Waals surface area (Å²) in [6.45, 7) is 0.227. The first kappa shape index (κ1) is 13.3. The Morgan fingerprint density at radius 3 is 2.28 bits per heavy atom. The average molecular weight is 288 g/mol. The molecule has 0 heterocycles. The molecule has 5 heteroatoms. The molecule has 18 heavy (non-hydrogen) atoms. The molecule has 2 aromatic carbocycles. The van der Waals surface area contributed by atoms with Gasteiger partial charge in [-0.05, 0) is 35.4 Å². The van der Waals surface area contributed by atoms with Gasteiger partial charge in [0.05, 0.1) is 5.02 Å². The van der Waals surface area contributed by atoms with E-state index in [2.05, 4.69) is 0 Å². The highest BCUT2D eigenvalue weighted by Crippen LogP contribution is 2.33. The fourth-order valence-corrected chi connectivity index (χ4v) is 2.17. The average Bonchev–Trinajstić information content (AvgIpc) is 2.34. The van der Waals surface area contributed by atoms with E-state index in [0.29, 0.717) is 16.1 Å². The standard InChI is InChI=1S/C13H9Cl2F2N/c14-8-1-2-9(7(3-8)6-18)10-4-12(16)13(17)5-11(10)15/h1-5H,6,18H2. The van der Waals surface area contributed by atoms with Gasteiger partial charge in [-0.3, -0.25) is 0 Å². The normalized spacial score (nSPS) is 10.7. The molecule has 0 saturated heterocycles. The Labute approximate surface area is 113 Å². The van der Waals surface area contributed by atoms with Crippen molar-refractivity contribution in [2.75, 3.05) is 0 Å². The van der Waals surface area contributed by atoms with Crippen LogP contribution in [0.2, 0.25) is 10.0 Å². The molecule has 0 aliphatic heterocycles. The zero-order valence-corrected chi connectivity index (χ0v) is 10.7. The first-order chi connectivity index (χ1) is 8.52. The SMILES string of the molecule is NCc1cc(Cl)ccc1-c1cc(F)c(F)cc1Cl. The van der Waals surface area contributed by atoms with Gasteiger partial charge in [-0.25, -0.2) is 8.78 Å². The number of rotatable bonds is 2. The van der Waals surface area contributed by atoms with Gasteiger partial charge in [-0.1, -0.05) is 29.3 Å². The summed E-state index contributed by atoms with van der Waals surface area (Å²) in [6.07, 6.45) is 0. The van der Waals surface area contributed by atoms with Crippen molar-refractivity contribution in [3.63, 3.8) is 0 Å². The number of benzene rings is 2. The van der Waals surface area contributed by atoms with Crippen molar-refractivity contribution in [3.8, 4) is 11.1 Å². The number of hydrogen-bond acceptors (Lipinski definition) is 1. The molecule has 0 spiro atoms. The van der Waals surface area contributed by atoms with E-state index in [-0.39, 0.29) is 11.6 Å². The largest absolute Gasteiger partial charge is 0.326 e. The molecule has 2 N–H and O–H groups in total. The van der Waals surface area contributed by atoms with E-state index in [0.717, 1.165) is 17.7 Å². The first-order valence-electron chi connectivity index (χ1n) is 5.16. The van der Waals surface area contributed by atoms with Crippen LogP contribution in [0, 0.1) is 11.6 Å². The summed E-state index contributed by atoms with van der Waals surface area (Å²) in [5.41, 5.74) is 7.36. The van der Waals surface area contributed by atoms with Crippen LogP contribution in [0.25, 0.3) is 11.1 Å². The third-order valence-electron chi connectivity index (χ3n) is 2.59. The van der Waals surface area contributed by atoms with E-state index in [1.165, 1.54) is 0 Å². The van der Waals surface area contributed by atoms with Crippen LogP contribution in [0.4, 0.5) is 8.78 Å². The molecule has 0 fully saturated rings. The highest BCUT2D eigenvalue weighted by molar-refractivity contribution is 6.33. The van der Waals surface area contributed by atoms with Gasteiger partial charge in [-0.15, -0.1) is 0 Å². The van der Waals surface area contributed by atoms with Crippen LogP contribution in [0.3, 0.4) is 0 Å². The molecule has 94 valence electrons. The summed E-state index contributed by atoms with van der Waals surface area (Å²) in [7, 11) is 0. The minimum absolute atomic E-state index is 0.130. The highest BCUT2D eigenvalue weighted by atomic mass is 35.5. The summed E-state index contributed by atoms with van der Waals surface area (Å²) in [5, 5.41) is 0.656. The molecule has 0 amide bonds. The predicted molar refractivity (Wildman–Crippen MR) is 69.7 cm³/mol. The first-order valence-corrected chi connectivity index (χ1v) is 5.92. The Morgan fingerprint density at radius 2 is 1.61 bits per heavy atom. The summed E-state index contributed by atoms with van der Waals surface area (Å²) >= 11 is 11.8. The van der Waals surface area contributed by atoms with Gasteiger partial charge >= 0.3 is 0 Å². The van der Waals surface area contributed by atoms with Crippen LogP contribution in [0.15, 0.2) is 30.3 Å². The Hall–Kier alpha value is -1.16. The number of halogens is 4. The Kier molecular flexibility index (Phi) is 3.85. The van der Waals surface area contributed by atoms with Crippen molar-refractivity contribution in [1.82, 2.24) is 0 Å². The smallest absolute Gasteiger partial charge is 0.160 e. The molecule has 2 aromatic rings. The van der Waals surface area contributed by atoms with Crippen LogP contribution >= 0.6 is 23.2 Å². The van der Waals surface area contributed by atoms with Gasteiger partial charge in [0.25, 0.3) is 0 Å². The molecule has 1 nitrogen and oxygen atoms in total. The van der Waals surface area contributed by atoms with E-state index in [4.69, 9.17) is 28.9 Å². The molecule has 2 rings (SSSR count). The predicted octanol–water partition coefficient (Wildman–Crippen LogP) is 4.40. The van der Waals surface area contributed by atoms with Gasteiger partial charge in [0, 0.05) is 17.1 Å². The molecule has 0 saturated carbocycles. The lowest BCUT2D eigenvalue weighted by atomic mass is 9.99. The maximum atomic E-state index is 13.3. The molecule has 0 atom stereocenters. The van der Waals surface area contributed by atoms with Crippen LogP contribution in [-0.2, 0) is 6.54 Å². The van der Waals surface area contributed by atoms with Gasteiger partial charge in [0.2, 0.25) is 0 Å². The summed E-state index contributed by atoms with van der Waals surface area (Å²) in [6, 6.07) is 7.01. The monoisotopic (exact) mass is 287 g/mol. The van der Waals surface area contributed by atoms with Crippen LogP contribution < -0.4 is 5.73 Å². The third kappa shape index (κ3) is 2.48. The highest BCUT2D eigenvalue weighted by Gasteiger charge is 2.13. The minimum Gasteiger partial charge on any atom is -0.326 e.